The molecule has 1 saturated carbocycles. The molecule has 1 fully saturated rings. The summed E-state index contributed by atoms with van der Waals surface area (Å²) in [5.41, 5.74) is 2.18. The van der Waals surface area contributed by atoms with Gasteiger partial charge in [-0.15, -0.1) is 11.6 Å². The number of nitrogens with zero attached hydrogens (tertiary/aromatic N) is 2. The molecular formula is C17H23ClN2O. The lowest BCUT2D eigenvalue weighted by molar-refractivity contribution is 0.343. The smallest absolute Gasteiger partial charge is 0.147 e. The number of para-hydroxylation sites is 1. The lowest BCUT2D eigenvalue weighted by Crippen LogP contribution is -2.15. The SMILES string of the molecule is CCOc1cccc2c1nc(CCCl)n2C1CCCC1C. The maximum Gasteiger partial charge on any atom is 0.147 e. The second-order valence-electron chi connectivity index (χ2n) is 5.87. The Balaban J connectivity index is 2.15. The Morgan fingerprint density at radius 1 is 1.38 bits per heavy atom. The molecule has 1 heterocycles. The minimum Gasteiger partial charge on any atom is -0.492 e. The lowest BCUT2D eigenvalue weighted by atomic mass is 10.1. The van der Waals surface area contributed by atoms with Gasteiger partial charge in [-0.1, -0.05) is 19.4 Å². The average molecular weight is 307 g/mol. The minimum atomic E-state index is 0.546. The number of rotatable bonds is 5. The number of aryl methyl sites for hydroxylation is 1. The van der Waals surface area contributed by atoms with Crippen LogP contribution in [0.2, 0.25) is 0 Å². The van der Waals surface area contributed by atoms with Gasteiger partial charge in [0.1, 0.15) is 17.1 Å². The van der Waals surface area contributed by atoms with E-state index in [2.05, 4.69) is 23.6 Å². The Morgan fingerprint density at radius 3 is 2.90 bits per heavy atom. The molecule has 0 spiro atoms. The summed E-state index contributed by atoms with van der Waals surface area (Å²) in [4.78, 5) is 4.85. The van der Waals surface area contributed by atoms with Gasteiger partial charge in [-0.2, -0.15) is 0 Å². The van der Waals surface area contributed by atoms with E-state index in [4.69, 9.17) is 21.3 Å². The minimum absolute atomic E-state index is 0.546. The van der Waals surface area contributed by atoms with E-state index >= 15 is 0 Å². The third kappa shape index (κ3) is 2.64. The van der Waals surface area contributed by atoms with Crippen molar-refractivity contribution in [1.82, 2.24) is 9.55 Å². The van der Waals surface area contributed by atoms with Gasteiger partial charge in [-0.25, -0.2) is 4.98 Å². The molecule has 2 atom stereocenters. The molecule has 21 heavy (non-hydrogen) atoms. The quantitative estimate of drug-likeness (QED) is 0.756. The van der Waals surface area contributed by atoms with Crippen LogP contribution >= 0.6 is 11.6 Å². The molecule has 0 radical (unpaired) electrons. The van der Waals surface area contributed by atoms with Gasteiger partial charge in [0.05, 0.1) is 12.1 Å². The van der Waals surface area contributed by atoms with E-state index < -0.39 is 0 Å². The van der Waals surface area contributed by atoms with E-state index in [1.165, 1.54) is 24.8 Å². The van der Waals surface area contributed by atoms with E-state index in [1.807, 2.05) is 13.0 Å². The first-order valence-electron chi connectivity index (χ1n) is 7.94. The topological polar surface area (TPSA) is 27.1 Å². The fraction of sp³-hybridized carbons (Fsp3) is 0.588. The maximum absolute atomic E-state index is 6.00. The third-order valence-corrected chi connectivity index (χ3v) is 4.71. The van der Waals surface area contributed by atoms with Crippen LogP contribution < -0.4 is 4.74 Å². The number of aromatic nitrogens is 2. The second-order valence-corrected chi connectivity index (χ2v) is 6.25. The summed E-state index contributed by atoms with van der Waals surface area (Å²) < 4.78 is 8.17. The van der Waals surface area contributed by atoms with Crippen LogP contribution in [0.25, 0.3) is 11.0 Å². The van der Waals surface area contributed by atoms with Crippen molar-refractivity contribution in [3.05, 3.63) is 24.0 Å². The van der Waals surface area contributed by atoms with Crippen molar-refractivity contribution < 1.29 is 4.74 Å². The van der Waals surface area contributed by atoms with Gasteiger partial charge in [-0.05, 0) is 37.8 Å². The van der Waals surface area contributed by atoms with Crippen LogP contribution in [-0.4, -0.2) is 22.0 Å². The van der Waals surface area contributed by atoms with Crippen LogP contribution in [-0.2, 0) is 6.42 Å². The molecule has 1 aromatic carbocycles. The highest BCUT2D eigenvalue weighted by Gasteiger charge is 2.28. The highest BCUT2D eigenvalue weighted by atomic mass is 35.5. The van der Waals surface area contributed by atoms with Crippen molar-refractivity contribution >= 4 is 22.6 Å². The molecule has 3 nitrogen and oxygen atoms in total. The van der Waals surface area contributed by atoms with Crippen molar-refractivity contribution in [2.45, 2.75) is 45.6 Å². The van der Waals surface area contributed by atoms with Crippen LogP contribution in [0.3, 0.4) is 0 Å². The molecule has 0 aliphatic heterocycles. The van der Waals surface area contributed by atoms with Crippen molar-refractivity contribution in [3.8, 4) is 5.75 Å². The van der Waals surface area contributed by atoms with Crippen LogP contribution in [0, 0.1) is 5.92 Å². The molecule has 1 aliphatic carbocycles. The summed E-state index contributed by atoms with van der Waals surface area (Å²) in [6, 6.07) is 6.78. The summed E-state index contributed by atoms with van der Waals surface area (Å²) in [6.07, 6.45) is 4.65. The number of hydrogen-bond acceptors (Lipinski definition) is 2. The van der Waals surface area contributed by atoms with Crippen molar-refractivity contribution in [3.63, 3.8) is 0 Å². The summed E-state index contributed by atoms with van der Waals surface area (Å²) in [5.74, 6) is 3.29. The molecular weight excluding hydrogens is 284 g/mol. The van der Waals surface area contributed by atoms with Crippen molar-refractivity contribution in [2.75, 3.05) is 12.5 Å². The zero-order valence-electron chi connectivity index (χ0n) is 12.8. The van der Waals surface area contributed by atoms with Crippen LogP contribution in [0.5, 0.6) is 5.75 Å². The summed E-state index contributed by atoms with van der Waals surface area (Å²) >= 11 is 6.00. The normalized spacial score (nSPS) is 22.0. The first-order valence-corrected chi connectivity index (χ1v) is 8.48. The molecule has 0 bridgehead atoms. The maximum atomic E-state index is 6.00. The van der Waals surface area contributed by atoms with Gasteiger partial charge in [0, 0.05) is 18.3 Å². The monoisotopic (exact) mass is 306 g/mol. The van der Waals surface area contributed by atoms with Gasteiger partial charge < -0.3 is 9.30 Å². The molecule has 2 aromatic rings. The number of imidazole rings is 1. The Bertz CT molecular complexity index is 623. The van der Waals surface area contributed by atoms with Crippen LogP contribution in [0.4, 0.5) is 0 Å². The number of ether oxygens (including phenoxy) is 1. The molecule has 3 rings (SSSR count). The Morgan fingerprint density at radius 2 is 2.24 bits per heavy atom. The lowest BCUT2D eigenvalue weighted by Gasteiger charge is -2.21. The van der Waals surface area contributed by atoms with E-state index in [9.17, 15) is 0 Å². The average Bonchev–Trinajstić information content (AvgIpc) is 3.03. The summed E-state index contributed by atoms with van der Waals surface area (Å²) in [6.45, 7) is 5.02. The van der Waals surface area contributed by atoms with Gasteiger partial charge in [0.2, 0.25) is 0 Å². The molecule has 1 aliphatic rings. The van der Waals surface area contributed by atoms with Crippen molar-refractivity contribution in [2.24, 2.45) is 5.92 Å². The summed E-state index contributed by atoms with van der Waals surface area (Å²) in [7, 11) is 0. The number of fused-ring (bicyclic) bond motifs is 1. The van der Waals surface area contributed by atoms with E-state index in [0.29, 0.717) is 24.4 Å². The standard InChI is InChI=1S/C17H23ClN2O/c1-3-21-15-9-5-8-14-17(15)19-16(10-11-18)20(14)13-7-4-6-12(13)2/h5,8-9,12-13H,3-4,6-7,10-11H2,1-2H3. The van der Waals surface area contributed by atoms with Gasteiger partial charge in [0.25, 0.3) is 0 Å². The van der Waals surface area contributed by atoms with E-state index in [-0.39, 0.29) is 0 Å². The number of benzene rings is 1. The van der Waals surface area contributed by atoms with E-state index in [0.717, 1.165) is 23.5 Å². The Hall–Kier alpha value is -1.22. The molecule has 4 heteroatoms. The van der Waals surface area contributed by atoms with Crippen LogP contribution in [0.15, 0.2) is 18.2 Å². The third-order valence-electron chi connectivity index (χ3n) is 4.52. The Kier molecular flexibility index (Phi) is 4.39. The van der Waals surface area contributed by atoms with Gasteiger partial charge in [-0.3, -0.25) is 0 Å². The summed E-state index contributed by atoms with van der Waals surface area (Å²) in [5, 5.41) is 0. The van der Waals surface area contributed by atoms with Crippen LogP contribution in [0.1, 0.15) is 45.0 Å². The molecule has 0 saturated heterocycles. The zero-order valence-corrected chi connectivity index (χ0v) is 13.6. The first kappa shape index (κ1) is 14.7. The largest absolute Gasteiger partial charge is 0.492 e. The van der Waals surface area contributed by atoms with Crippen molar-refractivity contribution in [1.29, 1.82) is 0 Å². The number of alkyl halides is 1. The van der Waals surface area contributed by atoms with Gasteiger partial charge >= 0.3 is 0 Å². The fourth-order valence-electron chi connectivity index (χ4n) is 3.55. The predicted octanol–water partition coefficient (Wildman–Crippen LogP) is 4.58. The number of hydrogen-bond donors (Lipinski definition) is 0. The molecule has 1 aromatic heterocycles. The second kappa shape index (κ2) is 6.27. The molecule has 114 valence electrons. The zero-order chi connectivity index (χ0) is 14.8. The molecule has 2 unspecified atom stereocenters. The van der Waals surface area contributed by atoms with E-state index in [1.54, 1.807) is 0 Å². The molecule has 0 N–H and O–H groups in total. The first-order chi connectivity index (χ1) is 10.3. The van der Waals surface area contributed by atoms with Gasteiger partial charge in [0.15, 0.2) is 0 Å². The fourth-order valence-corrected chi connectivity index (χ4v) is 3.72. The molecule has 0 amide bonds. The predicted molar refractivity (Wildman–Crippen MR) is 87.4 cm³/mol. The Labute approximate surface area is 131 Å². The highest BCUT2D eigenvalue weighted by molar-refractivity contribution is 6.17. The number of halogens is 1. The highest BCUT2D eigenvalue weighted by Crippen LogP contribution is 2.39.